The van der Waals surface area contributed by atoms with E-state index in [4.69, 9.17) is 4.74 Å². The minimum absolute atomic E-state index is 0.0999. The normalized spacial score (nSPS) is 12.3. The Morgan fingerprint density at radius 1 is 1.16 bits per heavy atom. The molecule has 6 heteroatoms. The van der Waals surface area contributed by atoms with E-state index in [1.165, 1.54) is 10.9 Å². The fourth-order valence-corrected chi connectivity index (χ4v) is 2.74. The zero-order valence-electron chi connectivity index (χ0n) is 14.6. The Balaban J connectivity index is 1.74. The maximum atomic E-state index is 12.4. The van der Waals surface area contributed by atoms with Crippen LogP contribution in [0.3, 0.4) is 0 Å². The Hall–Kier alpha value is -2.73. The van der Waals surface area contributed by atoms with Crippen LogP contribution in [0.1, 0.15) is 16.7 Å². The molecule has 25 heavy (non-hydrogen) atoms. The minimum Gasteiger partial charge on any atom is -0.490 e. The quantitative estimate of drug-likeness (QED) is 0.771. The molecule has 0 aliphatic carbocycles. The van der Waals surface area contributed by atoms with Crippen molar-refractivity contribution in [2.75, 3.05) is 6.61 Å². The lowest BCUT2D eigenvalue weighted by molar-refractivity contribution is 0.0908. The molecule has 1 N–H and O–H groups in total. The number of ether oxygens (including phenoxy) is 1. The molecule has 2 aromatic heterocycles. The van der Waals surface area contributed by atoms with Gasteiger partial charge in [0.15, 0.2) is 5.65 Å². The zero-order valence-corrected chi connectivity index (χ0v) is 14.6. The van der Waals surface area contributed by atoms with E-state index in [0.29, 0.717) is 11.0 Å². The third-order valence-electron chi connectivity index (χ3n) is 4.30. The summed E-state index contributed by atoms with van der Waals surface area (Å²) in [6.45, 7) is 6.20. The average molecular weight is 339 g/mol. The number of aryl methyl sites for hydroxylation is 2. The first kappa shape index (κ1) is 17.1. The maximum Gasteiger partial charge on any atom is 0.262 e. The van der Waals surface area contributed by atoms with Gasteiger partial charge in [0.1, 0.15) is 24.8 Å². The molecule has 0 saturated carbocycles. The largest absolute Gasteiger partial charge is 0.490 e. The summed E-state index contributed by atoms with van der Waals surface area (Å²) in [4.78, 5) is 20.6. The molecule has 0 bridgehead atoms. The van der Waals surface area contributed by atoms with Crippen molar-refractivity contribution in [3.8, 4) is 5.75 Å². The highest BCUT2D eigenvalue weighted by atomic mass is 16.5. The van der Waals surface area contributed by atoms with Crippen LogP contribution in [0.5, 0.6) is 5.75 Å². The lowest BCUT2D eigenvalue weighted by atomic mass is 10.1. The molecule has 0 saturated heterocycles. The highest BCUT2D eigenvalue weighted by Crippen LogP contribution is 2.25. The van der Waals surface area contributed by atoms with E-state index in [-0.39, 0.29) is 18.7 Å². The van der Waals surface area contributed by atoms with Crippen LogP contribution in [0.2, 0.25) is 0 Å². The Morgan fingerprint density at radius 2 is 1.92 bits per heavy atom. The summed E-state index contributed by atoms with van der Waals surface area (Å²) in [7, 11) is 0. The van der Waals surface area contributed by atoms with Crippen LogP contribution in [0.25, 0.3) is 11.0 Å². The van der Waals surface area contributed by atoms with E-state index in [1.54, 1.807) is 18.3 Å². The van der Waals surface area contributed by atoms with Crippen LogP contribution in [0.4, 0.5) is 0 Å². The second kappa shape index (κ2) is 7.03. The summed E-state index contributed by atoms with van der Waals surface area (Å²) in [5.41, 5.74) is 3.40. The number of pyridine rings is 1. The first-order chi connectivity index (χ1) is 12.0. The summed E-state index contributed by atoms with van der Waals surface area (Å²) in [6.07, 6.45) is 2.17. The molecule has 2 heterocycles. The molecule has 0 spiro atoms. The topological polar surface area (TPSA) is 77.2 Å². The predicted octanol–water partition coefficient (Wildman–Crippen LogP) is 2.16. The van der Waals surface area contributed by atoms with Gasteiger partial charge in [0, 0.05) is 6.20 Å². The number of rotatable bonds is 5. The van der Waals surface area contributed by atoms with Crippen LogP contribution in [-0.2, 0) is 6.54 Å². The number of fused-ring (bicyclic) bond motifs is 1. The van der Waals surface area contributed by atoms with E-state index in [9.17, 15) is 9.90 Å². The van der Waals surface area contributed by atoms with Gasteiger partial charge in [-0.2, -0.15) is 0 Å². The molecule has 1 atom stereocenters. The molecule has 0 aliphatic heterocycles. The fourth-order valence-electron chi connectivity index (χ4n) is 2.74. The lowest BCUT2D eigenvalue weighted by Crippen LogP contribution is -2.30. The van der Waals surface area contributed by atoms with Crippen molar-refractivity contribution in [2.45, 2.75) is 33.4 Å². The molecule has 0 aliphatic rings. The number of aromatic nitrogens is 3. The Kier molecular flexibility index (Phi) is 4.81. The van der Waals surface area contributed by atoms with Gasteiger partial charge in [-0.1, -0.05) is 12.1 Å². The van der Waals surface area contributed by atoms with Gasteiger partial charge in [-0.15, -0.1) is 0 Å². The van der Waals surface area contributed by atoms with Crippen molar-refractivity contribution in [1.29, 1.82) is 0 Å². The highest BCUT2D eigenvalue weighted by molar-refractivity contribution is 5.72. The van der Waals surface area contributed by atoms with Crippen LogP contribution < -0.4 is 10.3 Å². The van der Waals surface area contributed by atoms with Crippen LogP contribution in [0.15, 0.2) is 41.6 Å². The molecule has 0 unspecified atom stereocenters. The summed E-state index contributed by atoms with van der Waals surface area (Å²) in [5, 5.41) is 10.7. The Morgan fingerprint density at radius 3 is 2.72 bits per heavy atom. The fraction of sp³-hybridized carbons (Fsp3) is 0.316. The van der Waals surface area contributed by atoms with Gasteiger partial charge >= 0.3 is 0 Å². The molecular formula is C19H21N3O3. The number of benzene rings is 1. The van der Waals surface area contributed by atoms with Gasteiger partial charge in [-0.25, -0.2) is 9.97 Å². The van der Waals surface area contributed by atoms with Crippen molar-refractivity contribution in [3.05, 3.63) is 63.8 Å². The standard InChI is InChI=1S/C19H21N3O3/c1-12-6-7-13(2)17(14(12)3)25-10-15(23)9-22-11-21-18-16(19(22)24)5-4-8-20-18/h4-8,11,15,23H,9-10H2,1-3H3/t15-/m0/s1. The molecule has 6 nitrogen and oxygen atoms in total. The molecule has 3 rings (SSSR count). The van der Waals surface area contributed by atoms with E-state index in [0.717, 1.165) is 22.4 Å². The van der Waals surface area contributed by atoms with Crippen LogP contribution in [-0.4, -0.2) is 32.4 Å². The molecular weight excluding hydrogens is 318 g/mol. The zero-order chi connectivity index (χ0) is 18.0. The number of aliphatic hydroxyl groups excluding tert-OH is 1. The number of hydrogen-bond donors (Lipinski definition) is 1. The third-order valence-corrected chi connectivity index (χ3v) is 4.30. The van der Waals surface area contributed by atoms with Crippen molar-refractivity contribution in [3.63, 3.8) is 0 Å². The summed E-state index contributed by atoms with van der Waals surface area (Å²) < 4.78 is 7.19. The number of nitrogens with zero attached hydrogens (tertiary/aromatic N) is 3. The SMILES string of the molecule is Cc1ccc(C)c(OC[C@@H](O)Cn2cnc3ncccc3c2=O)c1C. The number of hydrogen-bond acceptors (Lipinski definition) is 5. The summed E-state index contributed by atoms with van der Waals surface area (Å²) in [6, 6.07) is 7.41. The van der Waals surface area contributed by atoms with Gasteiger partial charge in [0.05, 0.1) is 11.9 Å². The molecule has 1 aromatic carbocycles. The second-order valence-electron chi connectivity index (χ2n) is 6.19. The first-order valence-corrected chi connectivity index (χ1v) is 8.15. The lowest BCUT2D eigenvalue weighted by Gasteiger charge is -2.17. The van der Waals surface area contributed by atoms with Gasteiger partial charge in [-0.05, 0) is 49.6 Å². The molecule has 130 valence electrons. The molecule has 0 amide bonds. The summed E-state index contributed by atoms with van der Waals surface area (Å²) in [5.74, 6) is 0.784. The van der Waals surface area contributed by atoms with E-state index < -0.39 is 6.10 Å². The van der Waals surface area contributed by atoms with Crippen molar-refractivity contribution in [1.82, 2.24) is 14.5 Å². The van der Waals surface area contributed by atoms with E-state index in [1.807, 2.05) is 32.9 Å². The Bertz CT molecular complexity index is 966. The second-order valence-corrected chi connectivity index (χ2v) is 6.19. The highest BCUT2D eigenvalue weighted by Gasteiger charge is 2.13. The maximum absolute atomic E-state index is 12.4. The van der Waals surface area contributed by atoms with E-state index in [2.05, 4.69) is 9.97 Å². The van der Waals surface area contributed by atoms with Gasteiger partial charge < -0.3 is 9.84 Å². The monoisotopic (exact) mass is 339 g/mol. The van der Waals surface area contributed by atoms with Crippen molar-refractivity contribution < 1.29 is 9.84 Å². The van der Waals surface area contributed by atoms with Gasteiger partial charge in [0.25, 0.3) is 5.56 Å². The summed E-state index contributed by atoms with van der Waals surface area (Å²) >= 11 is 0. The minimum atomic E-state index is -0.826. The molecule has 3 aromatic rings. The molecule has 0 fully saturated rings. The number of aliphatic hydroxyl groups is 1. The van der Waals surface area contributed by atoms with Crippen molar-refractivity contribution >= 4 is 11.0 Å². The van der Waals surface area contributed by atoms with Gasteiger partial charge in [-0.3, -0.25) is 9.36 Å². The van der Waals surface area contributed by atoms with E-state index >= 15 is 0 Å². The van der Waals surface area contributed by atoms with Crippen LogP contribution >= 0.6 is 0 Å². The van der Waals surface area contributed by atoms with Gasteiger partial charge in [0.2, 0.25) is 0 Å². The Labute approximate surface area is 145 Å². The van der Waals surface area contributed by atoms with Crippen molar-refractivity contribution in [2.24, 2.45) is 0 Å². The third kappa shape index (κ3) is 3.53. The average Bonchev–Trinajstić information content (AvgIpc) is 2.61. The smallest absolute Gasteiger partial charge is 0.262 e. The first-order valence-electron chi connectivity index (χ1n) is 8.15. The predicted molar refractivity (Wildman–Crippen MR) is 96.0 cm³/mol. The van der Waals surface area contributed by atoms with Crippen LogP contribution in [0, 0.1) is 20.8 Å². The molecule has 0 radical (unpaired) electrons.